The van der Waals surface area contributed by atoms with Crippen molar-refractivity contribution in [3.05, 3.63) is 12.7 Å². The average molecular weight is 466 g/mol. The molecule has 4 nitrogen and oxygen atoms in total. The molecule has 0 bridgehead atoms. The van der Waals surface area contributed by atoms with Crippen molar-refractivity contribution in [3.63, 3.8) is 0 Å². The Labute approximate surface area is 193 Å². The summed E-state index contributed by atoms with van der Waals surface area (Å²) in [6.45, 7) is 6.27. The first-order chi connectivity index (χ1) is 15.0. The van der Waals surface area contributed by atoms with Crippen LogP contribution in [-0.2, 0) is 14.3 Å². The molecule has 0 saturated carbocycles. The lowest BCUT2D eigenvalue weighted by Crippen LogP contribution is -2.11. The highest BCUT2D eigenvalue weighted by Gasteiger charge is 2.10. The molecule has 0 heterocycles. The van der Waals surface area contributed by atoms with Gasteiger partial charge in [-0.05, 0) is 19.3 Å². The fourth-order valence-electron chi connectivity index (χ4n) is 3.27. The number of hydrogen-bond donors (Lipinski definition) is 1. The zero-order valence-corrected chi connectivity index (χ0v) is 21.2. The van der Waals surface area contributed by atoms with Gasteiger partial charge in [-0.2, -0.15) is 8.42 Å². The van der Waals surface area contributed by atoms with Gasteiger partial charge in [0.2, 0.25) is 0 Å². The molecular formula is C25H52FNO3S. The molecule has 0 aromatic rings. The van der Waals surface area contributed by atoms with Crippen molar-refractivity contribution in [2.75, 3.05) is 25.6 Å². The Morgan fingerprint density at radius 2 is 1.13 bits per heavy atom. The minimum Gasteiger partial charge on any atom is -0.327 e. The highest BCUT2D eigenvalue weighted by atomic mass is 32.2. The average Bonchev–Trinajstić information content (AvgIpc) is 2.76. The molecule has 0 aliphatic rings. The molecule has 0 fully saturated rings. The van der Waals surface area contributed by atoms with Crippen molar-refractivity contribution >= 4 is 10.1 Å². The SMILES string of the molecule is C=CCN.CCCCCCCCCCCCCCOS(=O)(=O)CCCCCCCCF. The predicted molar refractivity (Wildman–Crippen MR) is 134 cm³/mol. The van der Waals surface area contributed by atoms with Crippen LogP contribution >= 0.6 is 0 Å². The van der Waals surface area contributed by atoms with Crippen LogP contribution in [0.5, 0.6) is 0 Å². The van der Waals surface area contributed by atoms with E-state index >= 15 is 0 Å². The van der Waals surface area contributed by atoms with Gasteiger partial charge in [-0.15, -0.1) is 6.58 Å². The summed E-state index contributed by atoms with van der Waals surface area (Å²) in [4.78, 5) is 0. The third-order valence-corrected chi connectivity index (χ3v) is 6.52. The monoisotopic (exact) mass is 465 g/mol. The van der Waals surface area contributed by atoms with E-state index in [1.807, 2.05) is 0 Å². The lowest BCUT2D eigenvalue weighted by atomic mass is 10.1. The van der Waals surface area contributed by atoms with Crippen LogP contribution in [0.4, 0.5) is 4.39 Å². The highest BCUT2D eigenvalue weighted by Crippen LogP contribution is 2.12. The van der Waals surface area contributed by atoms with Crippen LogP contribution in [0.15, 0.2) is 12.7 Å². The lowest BCUT2D eigenvalue weighted by Gasteiger charge is -2.06. The van der Waals surface area contributed by atoms with Crippen LogP contribution in [0.25, 0.3) is 0 Å². The summed E-state index contributed by atoms with van der Waals surface area (Å²) in [6.07, 6.45) is 21.8. The number of hydrogen-bond acceptors (Lipinski definition) is 4. The standard InChI is InChI=1S/C22H45FO3S.C3H7N/c1-2-3-4-5-6-7-8-9-10-12-15-18-21-26-27(24,25)22-19-16-13-11-14-17-20-23;1-2-3-4/h2-22H2,1H3;2H,1,3-4H2. The molecule has 0 radical (unpaired) electrons. The lowest BCUT2D eigenvalue weighted by molar-refractivity contribution is 0.305. The van der Waals surface area contributed by atoms with Crippen molar-refractivity contribution in [1.29, 1.82) is 0 Å². The molecule has 0 unspecified atom stereocenters. The molecule has 0 aromatic heterocycles. The molecule has 6 heteroatoms. The topological polar surface area (TPSA) is 69.4 Å². The number of nitrogens with two attached hydrogens (primary N) is 1. The molecule has 0 rings (SSSR count). The van der Waals surface area contributed by atoms with E-state index in [1.165, 1.54) is 64.2 Å². The van der Waals surface area contributed by atoms with Crippen LogP contribution < -0.4 is 5.73 Å². The molecule has 0 aromatic carbocycles. The van der Waals surface area contributed by atoms with E-state index in [0.717, 1.165) is 38.5 Å². The second-order valence-corrected chi connectivity index (χ2v) is 10.1. The summed E-state index contributed by atoms with van der Waals surface area (Å²) in [5, 5.41) is 0. The summed E-state index contributed by atoms with van der Waals surface area (Å²) in [5.74, 6) is 0.119. The first-order valence-corrected chi connectivity index (χ1v) is 14.4. The van der Waals surface area contributed by atoms with E-state index in [0.29, 0.717) is 26.0 Å². The van der Waals surface area contributed by atoms with Gasteiger partial charge in [0.25, 0.3) is 10.1 Å². The number of alkyl halides is 1. The van der Waals surface area contributed by atoms with Gasteiger partial charge in [-0.1, -0.05) is 109 Å². The number of rotatable bonds is 23. The highest BCUT2D eigenvalue weighted by molar-refractivity contribution is 7.86. The van der Waals surface area contributed by atoms with E-state index in [1.54, 1.807) is 6.08 Å². The van der Waals surface area contributed by atoms with Gasteiger partial charge in [0.1, 0.15) is 0 Å². The molecule has 0 amide bonds. The maximum absolute atomic E-state index is 11.9. The molecule has 0 saturated heterocycles. The Morgan fingerprint density at radius 3 is 1.55 bits per heavy atom. The normalized spacial score (nSPS) is 11.2. The molecule has 0 spiro atoms. The van der Waals surface area contributed by atoms with E-state index in [2.05, 4.69) is 13.5 Å². The Kier molecular flexibility index (Phi) is 29.1. The smallest absolute Gasteiger partial charge is 0.267 e. The van der Waals surface area contributed by atoms with Crippen molar-refractivity contribution in [3.8, 4) is 0 Å². The minimum atomic E-state index is -3.35. The summed E-state index contributed by atoms with van der Waals surface area (Å²) >= 11 is 0. The molecule has 0 atom stereocenters. The molecule has 31 heavy (non-hydrogen) atoms. The summed E-state index contributed by atoms with van der Waals surface area (Å²) < 4.78 is 40.6. The quantitative estimate of drug-likeness (QED) is 0.0964. The van der Waals surface area contributed by atoms with Gasteiger partial charge in [-0.25, -0.2) is 0 Å². The van der Waals surface area contributed by atoms with Crippen molar-refractivity contribution < 1.29 is 17.0 Å². The third kappa shape index (κ3) is 31.8. The van der Waals surface area contributed by atoms with Gasteiger partial charge < -0.3 is 5.73 Å². The summed E-state index contributed by atoms with van der Waals surface area (Å²) in [7, 11) is -3.35. The molecule has 0 aliphatic heterocycles. The fourth-order valence-corrected chi connectivity index (χ4v) is 4.32. The first kappa shape index (κ1) is 32.7. The van der Waals surface area contributed by atoms with Crippen LogP contribution in [-0.4, -0.2) is 34.0 Å². The Hall–Kier alpha value is -0.460. The number of unbranched alkanes of at least 4 members (excludes halogenated alkanes) is 16. The van der Waals surface area contributed by atoms with Crippen LogP contribution in [0.2, 0.25) is 0 Å². The maximum Gasteiger partial charge on any atom is 0.267 e. The van der Waals surface area contributed by atoms with Crippen LogP contribution in [0.3, 0.4) is 0 Å². The van der Waals surface area contributed by atoms with Gasteiger partial charge in [0, 0.05) is 6.54 Å². The van der Waals surface area contributed by atoms with Gasteiger partial charge in [-0.3, -0.25) is 8.57 Å². The molecule has 188 valence electrons. The number of halogens is 1. The van der Waals surface area contributed by atoms with E-state index in [-0.39, 0.29) is 12.4 Å². The second-order valence-electron chi connectivity index (χ2n) is 8.31. The van der Waals surface area contributed by atoms with Crippen LogP contribution in [0.1, 0.15) is 122 Å². The first-order valence-electron chi connectivity index (χ1n) is 12.8. The predicted octanol–water partition coefficient (Wildman–Crippen LogP) is 7.48. The minimum absolute atomic E-state index is 0.119. The van der Waals surface area contributed by atoms with Crippen molar-refractivity contribution in [1.82, 2.24) is 0 Å². The zero-order chi connectivity index (χ0) is 23.5. The van der Waals surface area contributed by atoms with E-state index in [4.69, 9.17) is 9.92 Å². The van der Waals surface area contributed by atoms with Gasteiger partial charge in [0.05, 0.1) is 19.0 Å². The molecule has 2 N–H and O–H groups in total. The van der Waals surface area contributed by atoms with Crippen molar-refractivity contribution in [2.45, 2.75) is 122 Å². The van der Waals surface area contributed by atoms with E-state index in [9.17, 15) is 12.8 Å². The Bertz CT molecular complexity index is 444. The van der Waals surface area contributed by atoms with Gasteiger partial charge in [0.15, 0.2) is 0 Å². The third-order valence-electron chi connectivity index (χ3n) is 5.21. The van der Waals surface area contributed by atoms with E-state index < -0.39 is 10.1 Å². The molecular weight excluding hydrogens is 413 g/mol. The Morgan fingerprint density at radius 1 is 0.742 bits per heavy atom. The van der Waals surface area contributed by atoms with Crippen molar-refractivity contribution in [2.24, 2.45) is 5.73 Å². The summed E-state index contributed by atoms with van der Waals surface area (Å²) in [5.41, 5.74) is 4.91. The summed E-state index contributed by atoms with van der Waals surface area (Å²) in [6, 6.07) is 0. The largest absolute Gasteiger partial charge is 0.327 e. The maximum atomic E-state index is 11.9. The van der Waals surface area contributed by atoms with Gasteiger partial charge >= 0.3 is 0 Å². The zero-order valence-electron chi connectivity index (χ0n) is 20.4. The fraction of sp³-hybridized carbons (Fsp3) is 0.920. The second kappa shape index (κ2) is 27.6. The van der Waals surface area contributed by atoms with Crippen LogP contribution in [0, 0.1) is 0 Å². The molecule has 0 aliphatic carbocycles. The Balaban J connectivity index is 0.